The van der Waals surface area contributed by atoms with Gasteiger partial charge in [0, 0.05) is 6.04 Å². The first-order valence-electron chi connectivity index (χ1n) is 6.13. The van der Waals surface area contributed by atoms with E-state index >= 15 is 0 Å². The van der Waals surface area contributed by atoms with Crippen molar-refractivity contribution in [1.29, 1.82) is 0 Å². The largest absolute Gasteiger partial charge is 0.352 e. The lowest BCUT2D eigenvalue weighted by Gasteiger charge is -2.31. The standard InChI is InChI=1S/C12H20ClNO/c1-8-4-2-3-5-10(8)11(13)12(15)14-9-6-7-9/h8-11H,2-7H2,1H3,(H,14,15). The summed E-state index contributed by atoms with van der Waals surface area (Å²) in [5.74, 6) is 1.06. The van der Waals surface area contributed by atoms with E-state index in [1.807, 2.05) is 0 Å². The van der Waals surface area contributed by atoms with Crippen molar-refractivity contribution in [2.45, 2.75) is 56.9 Å². The molecule has 2 fully saturated rings. The van der Waals surface area contributed by atoms with Gasteiger partial charge in [-0.25, -0.2) is 0 Å². The van der Waals surface area contributed by atoms with Crippen LogP contribution in [0.4, 0.5) is 0 Å². The molecule has 15 heavy (non-hydrogen) atoms. The molecular formula is C12H20ClNO. The minimum atomic E-state index is -0.305. The van der Waals surface area contributed by atoms with Gasteiger partial charge >= 0.3 is 0 Å². The zero-order chi connectivity index (χ0) is 10.8. The fraction of sp³-hybridized carbons (Fsp3) is 0.917. The maximum absolute atomic E-state index is 11.8. The van der Waals surface area contributed by atoms with Crippen LogP contribution in [-0.2, 0) is 4.79 Å². The van der Waals surface area contributed by atoms with Crippen LogP contribution in [0, 0.1) is 11.8 Å². The van der Waals surface area contributed by atoms with Crippen molar-refractivity contribution >= 4 is 17.5 Å². The van der Waals surface area contributed by atoms with Crippen LogP contribution in [0.3, 0.4) is 0 Å². The van der Waals surface area contributed by atoms with Gasteiger partial charge < -0.3 is 5.32 Å². The van der Waals surface area contributed by atoms with Crippen molar-refractivity contribution in [3.8, 4) is 0 Å². The van der Waals surface area contributed by atoms with E-state index in [2.05, 4.69) is 12.2 Å². The molecule has 2 aliphatic carbocycles. The molecule has 3 heteroatoms. The van der Waals surface area contributed by atoms with Gasteiger partial charge in [0.2, 0.25) is 5.91 Å². The third-order valence-corrected chi connectivity index (χ3v) is 4.25. The number of carbonyl (C=O) groups is 1. The van der Waals surface area contributed by atoms with Gasteiger partial charge in [-0.05, 0) is 31.1 Å². The summed E-state index contributed by atoms with van der Waals surface area (Å²) in [6.07, 6.45) is 7.14. The van der Waals surface area contributed by atoms with Gasteiger partial charge in [-0.3, -0.25) is 4.79 Å². The fourth-order valence-electron chi connectivity index (χ4n) is 2.48. The fourth-order valence-corrected chi connectivity index (χ4v) is 2.92. The normalized spacial score (nSPS) is 33.5. The minimum Gasteiger partial charge on any atom is -0.352 e. The highest BCUT2D eigenvalue weighted by Gasteiger charge is 2.34. The van der Waals surface area contributed by atoms with Gasteiger partial charge in [0.1, 0.15) is 5.38 Å². The quantitative estimate of drug-likeness (QED) is 0.741. The summed E-state index contributed by atoms with van der Waals surface area (Å²) in [6, 6.07) is 0.428. The monoisotopic (exact) mass is 229 g/mol. The molecule has 0 aromatic rings. The first-order valence-corrected chi connectivity index (χ1v) is 6.56. The lowest BCUT2D eigenvalue weighted by Crippen LogP contribution is -2.40. The van der Waals surface area contributed by atoms with Crippen molar-refractivity contribution in [2.75, 3.05) is 0 Å². The van der Waals surface area contributed by atoms with E-state index in [9.17, 15) is 4.79 Å². The van der Waals surface area contributed by atoms with E-state index in [1.165, 1.54) is 19.3 Å². The van der Waals surface area contributed by atoms with Gasteiger partial charge in [-0.2, -0.15) is 0 Å². The molecule has 0 saturated heterocycles. The molecule has 0 radical (unpaired) electrons. The molecule has 2 aliphatic rings. The van der Waals surface area contributed by atoms with E-state index in [-0.39, 0.29) is 11.3 Å². The number of halogens is 1. The molecule has 0 aromatic heterocycles. The predicted octanol–water partition coefficient (Wildman–Crippen LogP) is 2.70. The van der Waals surface area contributed by atoms with E-state index in [0.717, 1.165) is 19.3 Å². The number of nitrogens with one attached hydrogen (secondary N) is 1. The molecule has 2 saturated carbocycles. The summed E-state index contributed by atoms with van der Waals surface area (Å²) in [5, 5.41) is 2.70. The van der Waals surface area contributed by atoms with Crippen LogP contribution < -0.4 is 5.32 Å². The number of carbonyl (C=O) groups excluding carboxylic acids is 1. The Bertz CT molecular complexity index is 240. The van der Waals surface area contributed by atoms with Gasteiger partial charge in [0.25, 0.3) is 0 Å². The Labute approximate surface area is 96.8 Å². The van der Waals surface area contributed by atoms with Gasteiger partial charge in [-0.1, -0.05) is 26.2 Å². The molecular weight excluding hydrogens is 210 g/mol. The van der Waals surface area contributed by atoms with Crippen molar-refractivity contribution < 1.29 is 4.79 Å². The zero-order valence-electron chi connectivity index (χ0n) is 9.34. The molecule has 3 atom stereocenters. The summed E-state index contributed by atoms with van der Waals surface area (Å²) >= 11 is 6.26. The van der Waals surface area contributed by atoms with Crippen molar-refractivity contribution in [3.63, 3.8) is 0 Å². The van der Waals surface area contributed by atoms with Crippen LogP contribution in [0.25, 0.3) is 0 Å². The van der Waals surface area contributed by atoms with Crippen molar-refractivity contribution in [2.24, 2.45) is 11.8 Å². The topological polar surface area (TPSA) is 29.1 Å². The van der Waals surface area contributed by atoms with Crippen molar-refractivity contribution in [1.82, 2.24) is 5.32 Å². The van der Waals surface area contributed by atoms with Crippen LogP contribution in [0.1, 0.15) is 45.4 Å². The molecule has 0 bridgehead atoms. The maximum Gasteiger partial charge on any atom is 0.238 e. The van der Waals surface area contributed by atoms with Crippen LogP contribution in [0.15, 0.2) is 0 Å². The van der Waals surface area contributed by atoms with Crippen LogP contribution in [-0.4, -0.2) is 17.3 Å². The second kappa shape index (κ2) is 4.73. The van der Waals surface area contributed by atoms with Gasteiger partial charge in [-0.15, -0.1) is 11.6 Å². The molecule has 2 nitrogen and oxygen atoms in total. The second-order valence-electron chi connectivity index (χ2n) is 5.11. The molecule has 0 spiro atoms. The summed E-state index contributed by atoms with van der Waals surface area (Å²) in [7, 11) is 0. The predicted molar refractivity (Wildman–Crippen MR) is 61.9 cm³/mol. The number of hydrogen-bond donors (Lipinski definition) is 1. The molecule has 0 heterocycles. The summed E-state index contributed by atoms with van der Waals surface area (Å²) in [6.45, 7) is 2.23. The van der Waals surface area contributed by atoms with Crippen molar-refractivity contribution in [3.05, 3.63) is 0 Å². The molecule has 3 unspecified atom stereocenters. The summed E-state index contributed by atoms with van der Waals surface area (Å²) in [5.41, 5.74) is 0. The molecule has 1 amide bonds. The summed E-state index contributed by atoms with van der Waals surface area (Å²) < 4.78 is 0. The number of hydrogen-bond acceptors (Lipinski definition) is 1. The van der Waals surface area contributed by atoms with E-state index in [4.69, 9.17) is 11.6 Å². The Morgan fingerprint density at radius 3 is 2.53 bits per heavy atom. The second-order valence-corrected chi connectivity index (χ2v) is 5.58. The smallest absolute Gasteiger partial charge is 0.238 e. The third kappa shape index (κ3) is 2.87. The first-order chi connectivity index (χ1) is 7.18. The number of amides is 1. The number of alkyl halides is 1. The Morgan fingerprint density at radius 2 is 1.93 bits per heavy atom. The molecule has 0 aliphatic heterocycles. The van der Waals surface area contributed by atoms with Crippen LogP contribution in [0.5, 0.6) is 0 Å². The molecule has 86 valence electrons. The van der Waals surface area contributed by atoms with E-state index in [0.29, 0.717) is 17.9 Å². The highest BCUT2D eigenvalue weighted by molar-refractivity contribution is 6.31. The molecule has 2 rings (SSSR count). The highest BCUT2D eigenvalue weighted by Crippen LogP contribution is 2.34. The Hall–Kier alpha value is -0.240. The minimum absolute atomic E-state index is 0.0675. The summed E-state index contributed by atoms with van der Waals surface area (Å²) in [4.78, 5) is 11.8. The first kappa shape index (κ1) is 11.3. The van der Waals surface area contributed by atoms with E-state index in [1.54, 1.807) is 0 Å². The lowest BCUT2D eigenvalue weighted by atomic mass is 9.78. The zero-order valence-corrected chi connectivity index (χ0v) is 10.1. The van der Waals surface area contributed by atoms with E-state index < -0.39 is 0 Å². The van der Waals surface area contributed by atoms with Gasteiger partial charge in [0.05, 0.1) is 0 Å². The van der Waals surface area contributed by atoms with Crippen LogP contribution >= 0.6 is 11.6 Å². The maximum atomic E-state index is 11.8. The Kier molecular flexibility index (Phi) is 3.55. The number of rotatable bonds is 3. The SMILES string of the molecule is CC1CCCCC1C(Cl)C(=O)NC1CC1. The highest BCUT2D eigenvalue weighted by atomic mass is 35.5. The third-order valence-electron chi connectivity index (χ3n) is 3.73. The van der Waals surface area contributed by atoms with Gasteiger partial charge in [0.15, 0.2) is 0 Å². The molecule has 1 N–H and O–H groups in total. The average Bonchev–Trinajstić information content (AvgIpc) is 3.01. The Balaban J connectivity index is 1.86. The Morgan fingerprint density at radius 1 is 1.27 bits per heavy atom. The lowest BCUT2D eigenvalue weighted by molar-refractivity contribution is -0.122. The molecule has 0 aromatic carbocycles. The van der Waals surface area contributed by atoms with Crippen LogP contribution in [0.2, 0.25) is 0 Å². The average molecular weight is 230 g/mol.